The first kappa shape index (κ1) is 16.0. The third kappa shape index (κ3) is 3.63. The van der Waals surface area contributed by atoms with Crippen molar-refractivity contribution in [2.75, 3.05) is 13.1 Å². The van der Waals surface area contributed by atoms with Crippen LogP contribution in [0.2, 0.25) is 0 Å². The van der Waals surface area contributed by atoms with Crippen molar-refractivity contribution in [3.8, 4) is 0 Å². The maximum Gasteiger partial charge on any atom is 0.254 e. The molecule has 1 heterocycles. The third-order valence-electron chi connectivity index (χ3n) is 3.95. The Morgan fingerprint density at radius 1 is 1.05 bits per heavy atom. The first-order valence-electron chi connectivity index (χ1n) is 7.24. The maximum atomic E-state index is 12.7. The van der Waals surface area contributed by atoms with E-state index in [-0.39, 0.29) is 10.8 Å². The Hall–Kier alpha value is -1.40. The summed E-state index contributed by atoms with van der Waals surface area (Å²) in [6.45, 7) is 4.98. The summed E-state index contributed by atoms with van der Waals surface area (Å²) in [5, 5.41) is 5.23. The number of likely N-dealkylation sites (tertiary alicyclic amines) is 1. The van der Waals surface area contributed by atoms with Gasteiger partial charge in [-0.05, 0) is 43.9 Å². The van der Waals surface area contributed by atoms with Gasteiger partial charge in [-0.15, -0.1) is 0 Å². The van der Waals surface area contributed by atoms with E-state index in [9.17, 15) is 13.2 Å². The number of carbonyl (C=O) groups is 1. The van der Waals surface area contributed by atoms with E-state index in [0.717, 1.165) is 44.3 Å². The average Bonchev–Trinajstić information content (AvgIpc) is 2.65. The lowest BCUT2D eigenvalue weighted by molar-refractivity contribution is 0.0760. The topological polar surface area (TPSA) is 80.5 Å². The van der Waals surface area contributed by atoms with Gasteiger partial charge in [0.15, 0.2) is 0 Å². The lowest BCUT2D eigenvalue weighted by Gasteiger charge is -2.22. The Bertz CT molecular complexity index is 645. The Morgan fingerprint density at radius 2 is 1.62 bits per heavy atom. The van der Waals surface area contributed by atoms with Gasteiger partial charge in [-0.2, -0.15) is 0 Å². The number of sulfonamides is 1. The van der Waals surface area contributed by atoms with Crippen molar-refractivity contribution in [1.82, 2.24) is 4.90 Å². The Balaban J connectivity index is 2.40. The van der Waals surface area contributed by atoms with Crippen LogP contribution < -0.4 is 5.14 Å². The molecule has 5 nitrogen and oxygen atoms in total. The van der Waals surface area contributed by atoms with Crippen LogP contribution in [0.3, 0.4) is 0 Å². The molecule has 0 spiro atoms. The molecule has 1 fully saturated rings. The predicted molar refractivity (Wildman–Crippen MR) is 81.7 cm³/mol. The molecule has 1 aliphatic rings. The number of benzene rings is 1. The fourth-order valence-electron chi connectivity index (χ4n) is 2.81. The van der Waals surface area contributed by atoms with Crippen molar-refractivity contribution >= 4 is 15.9 Å². The molecule has 1 saturated heterocycles. The molecule has 0 atom stereocenters. The van der Waals surface area contributed by atoms with Gasteiger partial charge in [-0.3, -0.25) is 4.79 Å². The van der Waals surface area contributed by atoms with Gasteiger partial charge in [-0.1, -0.05) is 18.9 Å². The number of primary sulfonamides is 1. The molecule has 116 valence electrons. The molecule has 1 aromatic carbocycles. The standard InChI is InChI=1S/C15H22N2O3S/c1-11-9-12(2)14(21(16,19)20)10-13(11)15(18)17-7-5-3-4-6-8-17/h9-10H,3-8H2,1-2H3,(H2,16,19,20). The molecule has 1 amide bonds. The van der Waals surface area contributed by atoms with Crippen LogP contribution in [-0.4, -0.2) is 32.3 Å². The summed E-state index contributed by atoms with van der Waals surface area (Å²) in [6, 6.07) is 3.14. The summed E-state index contributed by atoms with van der Waals surface area (Å²) in [4.78, 5) is 14.5. The lowest BCUT2D eigenvalue weighted by atomic mass is 10.0. The molecule has 2 rings (SSSR count). The summed E-state index contributed by atoms with van der Waals surface area (Å²) in [7, 11) is -3.81. The van der Waals surface area contributed by atoms with Crippen LogP contribution in [-0.2, 0) is 10.0 Å². The van der Waals surface area contributed by atoms with Crippen molar-refractivity contribution < 1.29 is 13.2 Å². The summed E-state index contributed by atoms with van der Waals surface area (Å²) in [5.74, 6) is -0.0979. The van der Waals surface area contributed by atoms with Gasteiger partial charge >= 0.3 is 0 Å². The molecule has 0 radical (unpaired) electrons. The molecular weight excluding hydrogens is 288 g/mol. The highest BCUT2D eigenvalue weighted by molar-refractivity contribution is 7.89. The second-order valence-electron chi connectivity index (χ2n) is 5.68. The summed E-state index contributed by atoms with van der Waals surface area (Å²) in [6.07, 6.45) is 4.27. The van der Waals surface area contributed by atoms with Crippen molar-refractivity contribution in [2.45, 2.75) is 44.4 Å². The van der Waals surface area contributed by atoms with E-state index in [2.05, 4.69) is 0 Å². The number of nitrogens with zero attached hydrogens (tertiary/aromatic N) is 1. The quantitative estimate of drug-likeness (QED) is 0.906. The van der Waals surface area contributed by atoms with Crippen LogP contribution in [0.4, 0.5) is 0 Å². The second kappa shape index (κ2) is 6.15. The van der Waals surface area contributed by atoms with E-state index in [1.54, 1.807) is 13.0 Å². The summed E-state index contributed by atoms with van der Waals surface area (Å²) >= 11 is 0. The minimum Gasteiger partial charge on any atom is -0.339 e. The number of aryl methyl sites for hydroxylation is 2. The molecule has 6 heteroatoms. The molecular formula is C15H22N2O3S. The molecule has 0 aromatic heterocycles. The van der Waals surface area contributed by atoms with Crippen LogP contribution >= 0.6 is 0 Å². The smallest absolute Gasteiger partial charge is 0.254 e. The van der Waals surface area contributed by atoms with Crippen LogP contribution in [0.1, 0.15) is 47.2 Å². The highest BCUT2D eigenvalue weighted by Gasteiger charge is 2.22. The highest BCUT2D eigenvalue weighted by Crippen LogP contribution is 2.22. The number of hydrogen-bond acceptors (Lipinski definition) is 3. The van der Waals surface area contributed by atoms with Gasteiger partial charge in [-0.25, -0.2) is 13.6 Å². The zero-order valence-electron chi connectivity index (χ0n) is 12.6. The largest absolute Gasteiger partial charge is 0.339 e. The predicted octanol–water partition coefficient (Wildman–Crippen LogP) is 1.97. The third-order valence-corrected chi connectivity index (χ3v) is 5.01. The van der Waals surface area contributed by atoms with Crippen LogP contribution in [0.25, 0.3) is 0 Å². The lowest BCUT2D eigenvalue weighted by Crippen LogP contribution is -2.32. The van der Waals surface area contributed by atoms with E-state index in [4.69, 9.17) is 5.14 Å². The molecule has 0 bridgehead atoms. The van der Waals surface area contributed by atoms with Crippen molar-refractivity contribution in [3.05, 3.63) is 28.8 Å². The maximum absolute atomic E-state index is 12.7. The second-order valence-corrected chi connectivity index (χ2v) is 7.21. The van der Waals surface area contributed by atoms with E-state index in [1.807, 2.05) is 11.8 Å². The molecule has 1 aliphatic heterocycles. The Morgan fingerprint density at radius 3 is 2.14 bits per heavy atom. The van der Waals surface area contributed by atoms with E-state index < -0.39 is 10.0 Å². The fourth-order valence-corrected chi connectivity index (χ4v) is 3.60. The van der Waals surface area contributed by atoms with Crippen LogP contribution in [0, 0.1) is 13.8 Å². The van der Waals surface area contributed by atoms with Gasteiger partial charge in [0.1, 0.15) is 0 Å². The molecule has 0 aliphatic carbocycles. The van der Waals surface area contributed by atoms with Crippen LogP contribution in [0.5, 0.6) is 0 Å². The number of hydrogen-bond donors (Lipinski definition) is 1. The van der Waals surface area contributed by atoms with Gasteiger partial charge in [0.25, 0.3) is 5.91 Å². The fraction of sp³-hybridized carbons (Fsp3) is 0.533. The van der Waals surface area contributed by atoms with E-state index in [0.29, 0.717) is 11.1 Å². The zero-order valence-corrected chi connectivity index (χ0v) is 13.4. The first-order chi connectivity index (χ1) is 9.80. The van der Waals surface area contributed by atoms with Crippen molar-refractivity contribution in [1.29, 1.82) is 0 Å². The minimum atomic E-state index is -3.81. The first-order valence-corrected chi connectivity index (χ1v) is 8.78. The van der Waals surface area contributed by atoms with Gasteiger partial charge in [0.05, 0.1) is 4.90 Å². The van der Waals surface area contributed by atoms with Crippen molar-refractivity contribution in [2.24, 2.45) is 5.14 Å². The highest BCUT2D eigenvalue weighted by atomic mass is 32.2. The van der Waals surface area contributed by atoms with Gasteiger partial charge < -0.3 is 4.90 Å². The van der Waals surface area contributed by atoms with Crippen LogP contribution in [0.15, 0.2) is 17.0 Å². The van der Waals surface area contributed by atoms with Gasteiger partial charge in [0, 0.05) is 18.7 Å². The number of nitrogens with two attached hydrogens (primary N) is 1. The van der Waals surface area contributed by atoms with Gasteiger partial charge in [0.2, 0.25) is 10.0 Å². The number of amides is 1. The monoisotopic (exact) mass is 310 g/mol. The normalized spacial score (nSPS) is 16.6. The number of rotatable bonds is 2. The van der Waals surface area contributed by atoms with E-state index in [1.165, 1.54) is 6.07 Å². The average molecular weight is 310 g/mol. The zero-order chi connectivity index (χ0) is 15.6. The molecule has 0 saturated carbocycles. The Kier molecular flexibility index (Phi) is 4.68. The summed E-state index contributed by atoms with van der Waals surface area (Å²) < 4.78 is 23.2. The van der Waals surface area contributed by atoms with Crippen molar-refractivity contribution in [3.63, 3.8) is 0 Å². The minimum absolute atomic E-state index is 0.0336. The molecule has 1 aromatic rings. The van der Waals surface area contributed by atoms with E-state index >= 15 is 0 Å². The molecule has 21 heavy (non-hydrogen) atoms. The number of carbonyl (C=O) groups excluding carboxylic acids is 1. The SMILES string of the molecule is Cc1cc(C)c(S(N)(=O)=O)cc1C(=O)N1CCCCCC1. The molecule has 2 N–H and O–H groups in total. The Labute approximate surface area is 126 Å². The molecule has 0 unspecified atom stereocenters. The summed E-state index contributed by atoms with van der Waals surface area (Å²) in [5.41, 5.74) is 1.79.